The first kappa shape index (κ1) is 8.05. The van der Waals surface area contributed by atoms with E-state index in [0.29, 0.717) is 11.2 Å². The van der Waals surface area contributed by atoms with Crippen molar-refractivity contribution in [2.75, 3.05) is 0 Å². The van der Waals surface area contributed by atoms with Crippen LogP contribution in [0, 0.1) is 0 Å². The minimum absolute atomic E-state index is 0.648. The summed E-state index contributed by atoms with van der Waals surface area (Å²) in [6, 6.07) is 9.10. The third-order valence-electron chi connectivity index (χ3n) is 2.32. The molecular formula is C10H6N4O. The van der Waals surface area contributed by atoms with Gasteiger partial charge in [-0.2, -0.15) is 4.52 Å². The van der Waals surface area contributed by atoms with Crippen LogP contribution in [0.4, 0.5) is 0 Å². The maximum absolute atomic E-state index is 10.6. The third kappa shape index (κ3) is 1.10. The first-order chi connectivity index (χ1) is 7.38. The van der Waals surface area contributed by atoms with E-state index in [4.69, 9.17) is 0 Å². The van der Waals surface area contributed by atoms with Gasteiger partial charge < -0.3 is 0 Å². The van der Waals surface area contributed by atoms with Crippen LogP contribution in [0.15, 0.2) is 30.3 Å². The fourth-order valence-corrected chi connectivity index (χ4v) is 1.61. The second-order valence-corrected chi connectivity index (χ2v) is 3.22. The van der Waals surface area contributed by atoms with Crippen molar-refractivity contribution in [3.05, 3.63) is 35.9 Å². The fourth-order valence-electron chi connectivity index (χ4n) is 1.61. The minimum Gasteiger partial charge on any atom is -0.298 e. The van der Waals surface area contributed by atoms with Crippen LogP contribution in [-0.2, 0) is 0 Å². The van der Waals surface area contributed by atoms with Gasteiger partial charge in [-0.25, -0.2) is 0 Å². The third-order valence-corrected chi connectivity index (χ3v) is 2.32. The summed E-state index contributed by atoms with van der Waals surface area (Å²) in [6.45, 7) is 0. The maximum atomic E-state index is 10.6. The molecule has 0 saturated heterocycles. The second-order valence-electron chi connectivity index (χ2n) is 3.22. The zero-order valence-electron chi connectivity index (χ0n) is 7.66. The zero-order valence-corrected chi connectivity index (χ0v) is 7.66. The van der Waals surface area contributed by atoms with Crippen molar-refractivity contribution in [3.8, 4) is 0 Å². The van der Waals surface area contributed by atoms with E-state index in [1.165, 1.54) is 0 Å². The number of fused-ring (bicyclic) bond motifs is 3. The van der Waals surface area contributed by atoms with Crippen molar-refractivity contribution in [2.24, 2.45) is 0 Å². The Kier molecular flexibility index (Phi) is 1.53. The van der Waals surface area contributed by atoms with Crippen molar-refractivity contribution in [3.63, 3.8) is 0 Å². The van der Waals surface area contributed by atoms with Crippen LogP contribution in [-0.4, -0.2) is 26.3 Å². The van der Waals surface area contributed by atoms with Crippen LogP contribution in [0.3, 0.4) is 0 Å². The number of tetrazole rings is 1. The van der Waals surface area contributed by atoms with Gasteiger partial charge in [-0.05, 0) is 40.8 Å². The number of benzene rings is 1. The number of aromatic nitrogens is 4. The monoisotopic (exact) mass is 198 g/mol. The predicted octanol–water partition coefficient (Wildman–Crippen LogP) is 1.09. The Morgan fingerprint density at radius 2 is 2.13 bits per heavy atom. The second kappa shape index (κ2) is 2.84. The lowest BCUT2D eigenvalue weighted by molar-refractivity contribution is 0.112. The van der Waals surface area contributed by atoms with Crippen LogP contribution in [0.5, 0.6) is 0 Å². The van der Waals surface area contributed by atoms with Gasteiger partial charge in [-0.3, -0.25) is 4.79 Å². The molecule has 0 bridgehead atoms. The molecule has 0 unspecified atom stereocenters. The Labute approximate surface area is 84.3 Å². The van der Waals surface area contributed by atoms with Gasteiger partial charge in [0.15, 0.2) is 5.65 Å². The molecule has 72 valence electrons. The van der Waals surface area contributed by atoms with Gasteiger partial charge in [-0.15, -0.1) is 5.10 Å². The van der Waals surface area contributed by atoms with Crippen LogP contribution in [0.1, 0.15) is 10.4 Å². The standard InChI is InChI=1S/C10H6N4O/c15-6-7-1-3-9-8(5-7)2-4-10-11-12-13-14(9)10/h1-6H. The molecule has 0 aliphatic heterocycles. The Morgan fingerprint density at radius 3 is 3.00 bits per heavy atom. The van der Waals surface area contributed by atoms with Gasteiger partial charge in [0.05, 0.1) is 5.52 Å². The van der Waals surface area contributed by atoms with Crippen molar-refractivity contribution < 1.29 is 4.79 Å². The number of carbonyl (C=O) groups excluding carboxylic acids is 1. The summed E-state index contributed by atoms with van der Waals surface area (Å²) in [5, 5.41) is 12.2. The fraction of sp³-hybridized carbons (Fsp3) is 0. The number of hydrogen-bond donors (Lipinski definition) is 0. The maximum Gasteiger partial charge on any atom is 0.179 e. The van der Waals surface area contributed by atoms with E-state index in [-0.39, 0.29) is 0 Å². The molecule has 0 atom stereocenters. The number of aldehydes is 1. The molecule has 2 aromatic heterocycles. The van der Waals surface area contributed by atoms with E-state index >= 15 is 0 Å². The normalized spacial score (nSPS) is 10.9. The smallest absolute Gasteiger partial charge is 0.179 e. The number of pyridine rings is 1. The average Bonchev–Trinajstić information content (AvgIpc) is 2.76. The summed E-state index contributed by atoms with van der Waals surface area (Å²) < 4.78 is 1.64. The number of nitrogens with zero attached hydrogens (tertiary/aromatic N) is 4. The molecule has 0 amide bonds. The van der Waals surface area contributed by atoms with E-state index in [0.717, 1.165) is 17.2 Å². The SMILES string of the molecule is O=Cc1ccc2c(ccc3nnnn32)c1. The van der Waals surface area contributed by atoms with Gasteiger partial charge in [-0.1, -0.05) is 0 Å². The molecule has 0 radical (unpaired) electrons. The molecule has 2 heterocycles. The van der Waals surface area contributed by atoms with Crippen molar-refractivity contribution in [1.29, 1.82) is 0 Å². The molecule has 5 heteroatoms. The molecule has 0 aliphatic carbocycles. The summed E-state index contributed by atoms with van der Waals surface area (Å²) in [7, 11) is 0. The highest BCUT2D eigenvalue weighted by Gasteiger charge is 2.02. The quantitative estimate of drug-likeness (QED) is 0.549. The summed E-state index contributed by atoms with van der Waals surface area (Å²) >= 11 is 0. The summed E-state index contributed by atoms with van der Waals surface area (Å²) in [5.74, 6) is 0. The van der Waals surface area contributed by atoms with E-state index in [1.54, 1.807) is 10.6 Å². The van der Waals surface area contributed by atoms with Gasteiger partial charge in [0.1, 0.15) is 6.29 Å². The van der Waals surface area contributed by atoms with E-state index < -0.39 is 0 Å². The lowest BCUT2D eigenvalue weighted by Crippen LogP contribution is -1.91. The molecule has 3 aromatic rings. The summed E-state index contributed by atoms with van der Waals surface area (Å²) in [6.07, 6.45) is 0.823. The Bertz CT molecular complexity index is 659. The van der Waals surface area contributed by atoms with Crippen molar-refractivity contribution >= 4 is 22.8 Å². The first-order valence-corrected chi connectivity index (χ1v) is 4.44. The molecule has 3 rings (SSSR count). The molecular weight excluding hydrogens is 192 g/mol. The van der Waals surface area contributed by atoms with E-state index in [1.807, 2.05) is 24.3 Å². The number of hydrogen-bond acceptors (Lipinski definition) is 4. The molecule has 0 aliphatic rings. The van der Waals surface area contributed by atoms with Crippen molar-refractivity contribution in [1.82, 2.24) is 20.0 Å². The number of carbonyl (C=O) groups is 1. The van der Waals surface area contributed by atoms with Gasteiger partial charge in [0.2, 0.25) is 0 Å². The molecule has 0 fully saturated rings. The molecule has 0 spiro atoms. The van der Waals surface area contributed by atoms with Gasteiger partial charge in [0, 0.05) is 10.9 Å². The molecule has 0 N–H and O–H groups in total. The zero-order chi connectivity index (χ0) is 10.3. The Balaban J connectivity index is 2.48. The lowest BCUT2D eigenvalue weighted by atomic mass is 10.1. The average molecular weight is 198 g/mol. The van der Waals surface area contributed by atoms with E-state index in [9.17, 15) is 4.79 Å². The topological polar surface area (TPSA) is 60.2 Å². The number of rotatable bonds is 1. The van der Waals surface area contributed by atoms with Crippen LogP contribution >= 0.6 is 0 Å². The molecule has 0 saturated carbocycles. The van der Waals surface area contributed by atoms with Gasteiger partial charge >= 0.3 is 0 Å². The minimum atomic E-state index is 0.648. The van der Waals surface area contributed by atoms with Gasteiger partial charge in [0.25, 0.3) is 0 Å². The van der Waals surface area contributed by atoms with Crippen molar-refractivity contribution in [2.45, 2.75) is 0 Å². The molecule has 1 aromatic carbocycles. The highest BCUT2D eigenvalue weighted by Crippen LogP contribution is 2.15. The lowest BCUT2D eigenvalue weighted by Gasteiger charge is -1.99. The van der Waals surface area contributed by atoms with Crippen LogP contribution in [0.2, 0.25) is 0 Å². The largest absolute Gasteiger partial charge is 0.298 e. The van der Waals surface area contributed by atoms with Crippen LogP contribution < -0.4 is 0 Å². The molecule has 15 heavy (non-hydrogen) atoms. The molecule has 5 nitrogen and oxygen atoms in total. The highest BCUT2D eigenvalue weighted by molar-refractivity contribution is 5.88. The Morgan fingerprint density at radius 1 is 1.20 bits per heavy atom. The highest BCUT2D eigenvalue weighted by atomic mass is 16.1. The summed E-state index contributed by atoms with van der Waals surface area (Å²) in [4.78, 5) is 10.6. The predicted molar refractivity (Wildman–Crippen MR) is 53.7 cm³/mol. The van der Waals surface area contributed by atoms with Crippen LogP contribution in [0.25, 0.3) is 16.6 Å². The summed E-state index contributed by atoms with van der Waals surface area (Å²) in [5.41, 5.74) is 2.24. The Hall–Kier alpha value is -2.30. The van der Waals surface area contributed by atoms with E-state index in [2.05, 4.69) is 15.5 Å². The first-order valence-electron chi connectivity index (χ1n) is 4.44.